The van der Waals surface area contributed by atoms with E-state index >= 15 is 0 Å². The Hall–Kier alpha value is -3.26. The maximum absolute atomic E-state index is 12.5. The molecule has 0 saturated heterocycles. The Morgan fingerprint density at radius 2 is 1.64 bits per heavy atom. The van der Waals surface area contributed by atoms with Gasteiger partial charge in [-0.15, -0.1) is 0 Å². The number of ether oxygens (including phenoxy) is 1. The van der Waals surface area contributed by atoms with Crippen LogP contribution < -0.4 is 14.6 Å². The molecule has 0 heterocycles. The van der Waals surface area contributed by atoms with Crippen LogP contribution in [0.15, 0.2) is 107 Å². The Balaban J connectivity index is 1.30. The number of aliphatic hydroxyl groups is 1. The zero-order valence-corrected chi connectivity index (χ0v) is 23.3. The van der Waals surface area contributed by atoms with Crippen molar-refractivity contribution in [3.05, 3.63) is 113 Å². The number of benzene rings is 4. The van der Waals surface area contributed by atoms with Crippen LogP contribution in [-0.4, -0.2) is 22.3 Å². The molecule has 0 aromatic heterocycles. The molecule has 4 rings (SSSR count). The first-order valence-corrected chi connectivity index (χ1v) is 15.0. The summed E-state index contributed by atoms with van der Waals surface area (Å²) in [6, 6.07) is 29.7. The van der Waals surface area contributed by atoms with Crippen molar-refractivity contribution in [3.8, 4) is 11.5 Å². The van der Waals surface area contributed by atoms with Crippen LogP contribution in [0.2, 0.25) is 5.02 Å². The molecule has 4 aromatic rings. The second-order valence-electron chi connectivity index (χ2n) is 8.55. The van der Waals surface area contributed by atoms with Gasteiger partial charge in [-0.1, -0.05) is 71.9 Å². The topological polar surface area (TPSA) is 105 Å². The molecule has 7 nitrogen and oxygen atoms in total. The molecule has 0 bridgehead atoms. The summed E-state index contributed by atoms with van der Waals surface area (Å²) in [7, 11) is -4.13. The first kappa shape index (κ1) is 28.7. The summed E-state index contributed by atoms with van der Waals surface area (Å²) in [6.07, 6.45) is -0.380. The van der Waals surface area contributed by atoms with Crippen molar-refractivity contribution in [3.63, 3.8) is 0 Å². The number of hydrogen-bond acceptors (Lipinski definition) is 6. The molecule has 0 fully saturated rings. The zero-order valence-electron chi connectivity index (χ0n) is 20.8. The van der Waals surface area contributed by atoms with Gasteiger partial charge >= 0.3 is 7.60 Å². The Morgan fingerprint density at radius 3 is 2.41 bits per heavy atom. The lowest BCUT2D eigenvalue weighted by Gasteiger charge is -2.12. The molecule has 1 atom stereocenters. The van der Waals surface area contributed by atoms with E-state index < -0.39 is 13.9 Å². The third kappa shape index (κ3) is 9.17. The van der Waals surface area contributed by atoms with Crippen LogP contribution in [0, 0.1) is 0 Å². The van der Waals surface area contributed by atoms with Gasteiger partial charge in [0.15, 0.2) is 6.35 Å². The van der Waals surface area contributed by atoms with Crippen molar-refractivity contribution in [2.75, 3.05) is 11.7 Å². The number of rotatable bonds is 12. The lowest BCUT2D eigenvalue weighted by Crippen LogP contribution is -2.12. The van der Waals surface area contributed by atoms with Crippen LogP contribution in [0.1, 0.15) is 17.5 Å². The maximum atomic E-state index is 12.5. The fourth-order valence-corrected chi connectivity index (χ4v) is 5.34. The molecule has 10 heteroatoms. The molecule has 39 heavy (non-hydrogen) atoms. The van der Waals surface area contributed by atoms with Crippen LogP contribution in [0.5, 0.6) is 11.5 Å². The summed E-state index contributed by atoms with van der Waals surface area (Å²) >= 11 is 8.10. The van der Waals surface area contributed by atoms with Crippen molar-refractivity contribution in [1.82, 2.24) is 0 Å². The van der Waals surface area contributed by atoms with Crippen molar-refractivity contribution in [2.24, 2.45) is 0 Å². The van der Waals surface area contributed by atoms with E-state index in [1.54, 1.807) is 23.9 Å². The van der Waals surface area contributed by atoms with Crippen molar-refractivity contribution >= 4 is 42.6 Å². The van der Waals surface area contributed by atoms with Gasteiger partial charge in [0.25, 0.3) is 0 Å². The second-order valence-corrected chi connectivity index (χ2v) is 11.8. The lowest BCUT2D eigenvalue weighted by atomic mass is 10.1. The third-order valence-electron chi connectivity index (χ3n) is 5.48. The highest BCUT2D eigenvalue weighted by molar-refractivity contribution is 7.99. The van der Waals surface area contributed by atoms with Crippen LogP contribution in [0.25, 0.3) is 0 Å². The van der Waals surface area contributed by atoms with E-state index in [9.17, 15) is 14.3 Å². The van der Waals surface area contributed by atoms with Crippen LogP contribution in [0.4, 0.5) is 5.69 Å². The predicted octanol–water partition coefficient (Wildman–Crippen LogP) is 7.16. The monoisotopic (exact) mass is 583 g/mol. The molecule has 0 aliphatic rings. The Bertz CT molecular complexity index is 1470. The highest BCUT2D eigenvalue weighted by Gasteiger charge is 2.19. The van der Waals surface area contributed by atoms with Crippen molar-refractivity contribution in [2.45, 2.75) is 29.2 Å². The van der Waals surface area contributed by atoms with Crippen LogP contribution in [-0.2, 0) is 22.4 Å². The smallest absolute Gasteiger partial charge is 0.401 e. The van der Waals surface area contributed by atoms with Gasteiger partial charge in [0.1, 0.15) is 18.1 Å². The van der Waals surface area contributed by atoms with Gasteiger partial charge in [0.05, 0.1) is 0 Å². The molecule has 0 aliphatic heterocycles. The lowest BCUT2D eigenvalue weighted by molar-refractivity contribution is -0.116. The summed E-state index contributed by atoms with van der Waals surface area (Å²) in [5.41, 5.74) is 2.35. The van der Waals surface area contributed by atoms with Crippen LogP contribution in [0.3, 0.4) is 0 Å². The minimum absolute atomic E-state index is 0.0668. The first-order valence-electron chi connectivity index (χ1n) is 12.0. The molecule has 1 unspecified atom stereocenters. The molecule has 0 aliphatic carbocycles. The molecule has 0 radical (unpaired) electrons. The number of hydrogen-bond donors (Lipinski definition) is 3. The number of amides is 1. The summed E-state index contributed by atoms with van der Waals surface area (Å²) < 4.78 is 22.4. The van der Waals surface area contributed by atoms with E-state index in [-0.39, 0.29) is 18.1 Å². The molecule has 0 saturated carbocycles. The number of aryl methyl sites for hydroxylation is 1. The Morgan fingerprint density at radius 1 is 0.897 bits per heavy atom. The van der Waals surface area contributed by atoms with Crippen molar-refractivity contribution in [1.29, 1.82) is 0 Å². The third-order valence-corrected chi connectivity index (χ3v) is 7.66. The van der Waals surface area contributed by atoms with E-state index in [0.717, 1.165) is 26.7 Å². The predicted molar refractivity (Wildman–Crippen MR) is 154 cm³/mol. The second kappa shape index (κ2) is 13.7. The van der Waals surface area contributed by atoms with Gasteiger partial charge in [0.2, 0.25) is 5.91 Å². The zero-order chi connectivity index (χ0) is 27.7. The molecule has 3 N–H and O–H groups in total. The Kier molecular flexibility index (Phi) is 10.1. The van der Waals surface area contributed by atoms with Gasteiger partial charge in [-0.3, -0.25) is 4.79 Å². The highest BCUT2D eigenvalue weighted by Crippen LogP contribution is 2.41. The SMILES string of the molecule is O=C(CCc1ccc(Sc2cccc(OCc3ccccc3)c2)cc1Cl)Nc1cccc(OP(=O)(O)CO)c1. The number of carbonyl (C=O) groups excluding carboxylic acids is 1. The van der Waals surface area contributed by atoms with E-state index in [1.807, 2.05) is 72.8 Å². The van der Waals surface area contributed by atoms with Gasteiger partial charge in [-0.25, -0.2) is 4.57 Å². The minimum Gasteiger partial charge on any atom is -0.489 e. The van der Waals surface area contributed by atoms with E-state index in [1.165, 1.54) is 12.1 Å². The molecular formula is C29H27ClNO6PS. The average Bonchev–Trinajstić information content (AvgIpc) is 2.92. The molecule has 4 aromatic carbocycles. The van der Waals surface area contributed by atoms with Crippen LogP contribution >= 0.6 is 31.0 Å². The summed E-state index contributed by atoms with van der Waals surface area (Å²) in [5, 5.41) is 12.2. The fourth-order valence-electron chi connectivity index (χ4n) is 3.59. The number of carbonyl (C=O) groups is 1. The number of halogens is 1. The fraction of sp³-hybridized carbons (Fsp3) is 0.138. The van der Waals surface area contributed by atoms with Gasteiger partial charge in [-0.05, 0) is 60.0 Å². The van der Waals surface area contributed by atoms with E-state index in [2.05, 4.69) is 5.32 Å². The summed E-state index contributed by atoms with van der Waals surface area (Å²) in [6.45, 7) is 0.497. The summed E-state index contributed by atoms with van der Waals surface area (Å²) in [5.74, 6) is 0.605. The molecular weight excluding hydrogens is 557 g/mol. The molecule has 202 valence electrons. The number of aliphatic hydroxyl groups excluding tert-OH is 1. The Labute approximate surface area is 236 Å². The normalized spacial score (nSPS) is 12.4. The van der Waals surface area contributed by atoms with E-state index in [4.69, 9.17) is 26.0 Å². The molecule has 1 amide bonds. The first-order chi connectivity index (χ1) is 18.8. The largest absolute Gasteiger partial charge is 0.489 e. The number of anilines is 1. The molecule has 0 spiro atoms. The number of nitrogens with one attached hydrogen (secondary N) is 1. The van der Waals surface area contributed by atoms with Gasteiger partial charge in [0, 0.05) is 33.0 Å². The maximum Gasteiger partial charge on any atom is 0.401 e. The average molecular weight is 584 g/mol. The minimum atomic E-state index is -4.13. The summed E-state index contributed by atoms with van der Waals surface area (Å²) in [4.78, 5) is 23.9. The quantitative estimate of drug-likeness (QED) is 0.152. The van der Waals surface area contributed by atoms with Gasteiger partial charge < -0.3 is 24.6 Å². The van der Waals surface area contributed by atoms with E-state index in [0.29, 0.717) is 23.7 Å². The highest BCUT2D eigenvalue weighted by atomic mass is 35.5. The standard InChI is InChI=1S/C29H27ClNO6PS/c30-28-18-27(39-26-11-5-9-24(17-26)36-19-21-6-2-1-3-7-21)14-12-22(28)13-15-29(33)31-23-8-4-10-25(16-23)37-38(34,35)20-32/h1-12,14,16-18,32H,13,15,19-20H2,(H,31,33)(H,34,35). The van der Waals surface area contributed by atoms with Gasteiger partial charge in [-0.2, -0.15) is 0 Å². The van der Waals surface area contributed by atoms with Crippen molar-refractivity contribution < 1.29 is 28.6 Å².